The van der Waals surface area contributed by atoms with E-state index in [0.29, 0.717) is 23.1 Å². The fraction of sp³-hybridized carbons (Fsp3) is 0.188. The fourth-order valence-corrected chi connectivity index (χ4v) is 2.92. The minimum Gasteiger partial charge on any atom is -0.488 e. The molecule has 1 aliphatic carbocycles. The second-order valence-corrected chi connectivity index (χ2v) is 5.51. The van der Waals surface area contributed by atoms with Crippen LogP contribution >= 0.6 is 23.2 Å². The highest BCUT2D eigenvalue weighted by molar-refractivity contribution is 6.35. The van der Waals surface area contributed by atoms with Gasteiger partial charge in [-0.25, -0.2) is 0 Å². The van der Waals surface area contributed by atoms with Gasteiger partial charge >= 0.3 is 0 Å². The smallest absolute Gasteiger partial charge is 0.163 e. The van der Waals surface area contributed by atoms with Crippen molar-refractivity contribution < 1.29 is 9.53 Å². The van der Waals surface area contributed by atoms with E-state index in [0.717, 1.165) is 28.9 Å². The summed E-state index contributed by atoms with van der Waals surface area (Å²) in [6.45, 7) is 0.295. The van der Waals surface area contributed by atoms with Crippen molar-refractivity contribution in [2.75, 3.05) is 0 Å². The predicted octanol–water partition coefficient (Wildman–Crippen LogP) is 4.70. The van der Waals surface area contributed by atoms with Crippen molar-refractivity contribution in [3.05, 3.63) is 63.1 Å². The van der Waals surface area contributed by atoms with E-state index >= 15 is 0 Å². The molecule has 2 nitrogen and oxygen atoms in total. The van der Waals surface area contributed by atoms with Crippen LogP contribution < -0.4 is 4.74 Å². The number of fused-ring (bicyclic) bond motifs is 1. The summed E-state index contributed by atoms with van der Waals surface area (Å²) in [6, 6.07) is 10.9. The summed E-state index contributed by atoms with van der Waals surface area (Å²) in [5.41, 5.74) is 2.52. The molecular weight excluding hydrogens is 295 g/mol. The highest BCUT2D eigenvalue weighted by Gasteiger charge is 2.22. The van der Waals surface area contributed by atoms with Gasteiger partial charge in [0.2, 0.25) is 0 Å². The lowest BCUT2D eigenvalue weighted by atomic mass is 10.1. The predicted molar refractivity (Wildman–Crippen MR) is 79.9 cm³/mol. The van der Waals surface area contributed by atoms with Gasteiger partial charge in [-0.2, -0.15) is 0 Å². The van der Waals surface area contributed by atoms with Gasteiger partial charge in [-0.05, 0) is 24.6 Å². The van der Waals surface area contributed by atoms with Gasteiger partial charge in [0.05, 0.1) is 0 Å². The van der Waals surface area contributed by atoms with Crippen LogP contribution in [0.25, 0.3) is 0 Å². The first-order chi connectivity index (χ1) is 9.66. The van der Waals surface area contributed by atoms with Gasteiger partial charge in [0.25, 0.3) is 0 Å². The Bertz CT molecular complexity index is 660. The molecule has 0 radical (unpaired) electrons. The van der Waals surface area contributed by atoms with Gasteiger partial charge in [0.1, 0.15) is 12.4 Å². The molecular formula is C16H12Cl2O2. The quantitative estimate of drug-likeness (QED) is 0.821. The van der Waals surface area contributed by atoms with Gasteiger partial charge in [-0.3, -0.25) is 4.79 Å². The topological polar surface area (TPSA) is 26.3 Å². The standard InChI is InChI=1S/C16H12Cl2O2/c17-13-4-2-5-14(18)12(13)9-20-16-6-1-3-10-11(16)7-8-15(10)19/h1-6H,7-9H2. The molecule has 0 aromatic heterocycles. The molecule has 4 heteroatoms. The Kier molecular flexibility index (Phi) is 3.68. The van der Waals surface area contributed by atoms with E-state index in [1.807, 2.05) is 18.2 Å². The number of rotatable bonds is 3. The first-order valence-corrected chi connectivity index (χ1v) is 7.13. The minimum atomic E-state index is 0.182. The molecule has 0 bridgehead atoms. The molecule has 0 heterocycles. The first-order valence-electron chi connectivity index (χ1n) is 6.37. The number of carbonyl (C=O) groups excluding carboxylic acids is 1. The maximum Gasteiger partial charge on any atom is 0.163 e. The number of hydrogen-bond donors (Lipinski definition) is 0. The average molecular weight is 307 g/mol. The van der Waals surface area contributed by atoms with Crippen LogP contribution in [0.3, 0.4) is 0 Å². The molecule has 0 amide bonds. The largest absolute Gasteiger partial charge is 0.488 e. The lowest BCUT2D eigenvalue weighted by molar-refractivity contribution is 0.0994. The Balaban J connectivity index is 1.85. The third-order valence-electron chi connectivity index (χ3n) is 3.47. The number of benzene rings is 2. The van der Waals surface area contributed by atoms with E-state index in [2.05, 4.69) is 0 Å². The Morgan fingerprint density at radius 2 is 1.70 bits per heavy atom. The average Bonchev–Trinajstić information content (AvgIpc) is 2.81. The summed E-state index contributed by atoms with van der Waals surface area (Å²) < 4.78 is 5.82. The highest BCUT2D eigenvalue weighted by Crippen LogP contribution is 2.32. The van der Waals surface area contributed by atoms with Gasteiger partial charge in [-0.15, -0.1) is 0 Å². The third-order valence-corrected chi connectivity index (χ3v) is 4.18. The van der Waals surface area contributed by atoms with Crippen molar-refractivity contribution in [1.29, 1.82) is 0 Å². The van der Waals surface area contributed by atoms with Crippen LogP contribution in [0.15, 0.2) is 36.4 Å². The number of ketones is 1. The molecule has 0 saturated carbocycles. The SMILES string of the molecule is O=C1CCc2c(OCc3c(Cl)cccc3Cl)cccc21. The molecule has 0 fully saturated rings. The maximum absolute atomic E-state index is 11.7. The monoisotopic (exact) mass is 306 g/mol. The number of carbonyl (C=O) groups is 1. The number of hydrogen-bond acceptors (Lipinski definition) is 2. The van der Waals surface area contributed by atoms with Gasteiger partial charge in [0.15, 0.2) is 5.78 Å². The Hall–Kier alpha value is -1.51. The zero-order valence-corrected chi connectivity index (χ0v) is 12.2. The third kappa shape index (κ3) is 2.41. The Labute approximate surface area is 127 Å². The van der Waals surface area contributed by atoms with E-state index in [1.165, 1.54) is 0 Å². The van der Waals surface area contributed by atoms with Crippen LogP contribution in [-0.4, -0.2) is 5.78 Å². The Morgan fingerprint density at radius 3 is 2.45 bits per heavy atom. The van der Waals surface area contributed by atoms with Crippen molar-refractivity contribution >= 4 is 29.0 Å². The molecule has 102 valence electrons. The summed E-state index contributed by atoms with van der Waals surface area (Å²) in [4.78, 5) is 11.7. The van der Waals surface area contributed by atoms with E-state index < -0.39 is 0 Å². The summed E-state index contributed by atoms with van der Waals surface area (Å²) >= 11 is 12.2. The Morgan fingerprint density at radius 1 is 1.00 bits per heavy atom. The van der Waals surface area contributed by atoms with E-state index in [4.69, 9.17) is 27.9 Å². The van der Waals surface area contributed by atoms with E-state index in [9.17, 15) is 4.79 Å². The molecule has 2 aromatic carbocycles. The fourth-order valence-electron chi connectivity index (χ4n) is 2.41. The molecule has 0 unspecified atom stereocenters. The van der Waals surface area contributed by atoms with Crippen LogP contribution in [0.4, 0.5) is 0 Å². The number of ether oxygens (including phenoxy) is 1. The summed E-state index contributed by atoms with van der Waals surface area (Å²) in [7, 11) is 0. The van der Waals surface area contributed by atoms with Crippen LogP contribution in [-0.2, 0) is 13.0 Å². The van der Waals surface area contributed by atoms with Crippen molar-refractivity contribution in [3.8, 4) is 5.75 Å². The summed E-state index contributed by atoms with van der Waals surface area (Å²) in [6.07, 6.45) is 1.29. The van der Waals surface area contributed by atoms with Crippen molar-refractivity contribution in [2.24, 2.45) is 0 Å². The van der Waals surface area contributed by atoms with Crippen molar-refractivity contribution in [1.82, 2.24) is 0 Å². The lowest BCUT2D eigenvalue weighted by Gasteiger charge is -2.12. The normalized spacial score (nSPS) is 13.4. The number of Topliss-reactive ketones (excluding diaryl/α,β-unsaturated/α-hetero) is 1. The minimum absolute atomic E-state index is 0.182. The van der Waals surface area contributed by atoms with E-state index in [-0.39, 0.29) is 5.78 Å². The van der Waals surface area contributed by atoms with Crippen LogP contribution in [0, 0.1) is 0 Å². The molecule has 1 aliphatic rings. The molecule has 0 N–H and O–H groups in total. The maximum atomic E-state index is 11.7. The van der Waals surface area contributed by atoms with E-state index in [1.54, 1.807) is 18.2 Å². The van der Waals surface area contributed by atoms with Crippen molar-refractivity contribution in [2.45, 2.75) is 19.4 Å². The second-order valence-electron chi connectivity index (χ2n) is 4.69. The van der Waals surface area contributed by atoms with Crippen LogP contribution in [0.1, 0.15) is 27.9 Å². The zero-order valence-electron chi connectivity index (χ0n) is 10.7. The lowest BCUT2D eigenvalue weighted by Crippen LogP contribution is -2.00. The molecule has 0 saturated heterocycles. The first kappa shape index (κ1) is 13.5. The molecule has 2 aromatic rings. The number of halogens is 2. The van der Waals surface area contributed by atoms with Crippen molar-refractivity contribution in [3.63, 3.8) is 0 Å². The molecule has 0 aliphatic heterocycles. The van der Waals surface area contributed by atoms with Gasteiger partial charge in [0, 0.05) is 33.2 Å². The summed E-state index contributed by atoms with van der Waals surface area (Å²) in [5, 5.41) is 1.17. The molecule has 20 heavy (non-hydrogen) atoms. The van der Waals surface area contributed by atoms with Crippen LogP contribution in [0.5, 0.6) is 5.75 Å². The summed E-state index contributed by atoms with van der Waals surface area (Å²) in [5.74, 6) is 0.922. The molecule has 3 rings (SSSR count). The van der Waals surface area contributed by atoms with Gasteiger partial charge < -0.3 is 4.74 Å². The zero-order chi connectivity index (χ0) is 14.1. The molecule has 0 atom stereocenters. The van der Waals surface area contributed by atoms with Crippen LogP contribution in [0.2, 0.25) is 10.0 Å². The second kappa shape index (κ2) is 5.47. The molecule has 0 spiro atoms. The van der Waals surface area contributed by atoms with Gasteiger partial charge in [-0.1, -0.05) is 41.4 Å². The highest BCUT2D eigenvalue weighted by atomic mass is 35.5.